The number of imide groups is 1. The van der Waals surface area contributed by atoms with Crippen LogP contribution in [-0.2, 0) is 14.4 Å². The van der Waals surface area contributed by atoms with Gasteiger partial charge in [-0.25, -0.2) is 4.90 Å². The van der Waals surface area contributed by atoms with E-state index in [1.54, 1.807) is 18.2 Å². The molecular weight excluding hydrogens is 454 g/mol. The Kier molecular flexibility index (Phi) is 4.92. The second kappa shape index (κ2) is 7.45. The first kappa shape index (κ1) is 23.7. The first-order valence-corrected chi connectivity index (χ1v) is 13.6. The molecule has 1 spiro atoms. The molecule has 1 saturated heterocycles. The average Bonchev–Trinajstić information content (AvgIpc) is 3.10. The zero-order chi connectivity index (χ0) is 25.8. The Morgan fingerprint density at radius 3 is 2.50 bits per heavy atom. The van der Waals surface area contributed by atoms with Crippen molar-refractivity contribution in [3.63, 3.8) is 0 Å². The third kappa shape index (κ3) is 2.76. The number of allylic oxidation sites excluding steroid dienone is 2. The molecule has 1 aromatic carbocycles. The number of nitrogens with zero attached hydrogens (tertiary/aromatic N) is 1. The number of carboxylic acids is 1. The fraction of sp³-hybridized carbons (Fsp3) is 0.633. The van der Waals surface area contributed by atoms with Crippen LogP contribution in [0.3, 0.4) is 0 Å². The van der Waals surface area contributed by atoms with Gasteiger partial charge in [-0.15, -0.1) is 0 Å². The van der Waals surface area contributed by atoms with E-state index in [1.165, 1.54) is 16.5 Å². The van der Waals surface area contributed by atoms with Crippen molar-refractivity contribution in [3.8, 4) is 5.75 Å². The second-order valence-electron chi connectivity index (χ2n) is 13.0. The minimum absolute atomic E-state index is 0.00535. The molecule has 1 aliphatic heterocycles. The lowest BCUT2D eigenvalue weighted by atomic mass is 9.34. The summed E-state index contributed by atoms with van der Waals surface area (Å²) in [6.07, 6.45) is 7.30. The summed E-state index contributed by atoms with van der Waals surface area (Å²) in [7, 11) is 0. The van der Waals surface area contributed by atoms with E-state index in [0.29, 0.717) is 12.1 Å². The van der Waals surface area contributed by atoms with Crippen LogP contribution in [0.15, 0.2) is 35.9 Å². The number of phenols is 1. The van der Waals surface area contributed by atoms with Crippen molar-refractivity contribution < 1.29 is 24.6 Å². The predicted molar refractivity (Wildman–Crippen MR) is 135 cm³/mol. The molecule has 1 heterocycles. The van der Waals surface area contributed by atoms with Crippen molar-refractivity contribution in [2.75, 3.05) is 4.90 Å². The number of hydrogen-bond donors (Lipinski definition) is 2. The fourth-order valence-electron chi connectivity index (χ4n) is 9.84. The second-order valence-corrected chi connectivity index (χ2v) is 13.0. The summed E-state index contributed by atoms with van der Waals surface area (Å²) in [5, 5.41) is 20.3. The zero-order valence-electron chi connectivity index (χ0n) is 21.7. The molecule has 2 amide bonds. The average molecular weight is 492 g/mol. The number of aliphatic carboxylic acids is 1. The van der Waals surface area contributed by atoms with Crippen LogP contribution in [0.4, 0.5) is 5.69 Å². The summed E-state index contributed by atoms with van der Waals surface area (Å²) in [4.78, 5) is 42.0. The number of phenolic OH excluding ortho intramolecular Hbond substituents is 1. The highest BCUT2D eigenvalue weighted by Crippen LogP contribution is 2.74. The number of hydrogen-bond acceptors (Lipinski definition) is 4. The summed E-state index contributed by atoms with van der Waals surface area (Å²) in [5.41, 5.74) is 0.366. The Hall–Kier alpha value is -2.63. The number of rotatable bonds is 3. The Morgan fingerprint density at radius 1 is 1.08 bits per heavy atom. The highest BCUT2D eigenvalue weighted by atomic mass is 16.4. The monoisotopic (exact) mass is 491 g/mol. The van der Waals surface area contributed by atoms with E-state index in [4.69, 9.17) is 0 Å². The molecule has 1 aromatic rings. The first-order valence-electron chi connectivity index (χ1n) is 13.6. The van der Waals surface area contributed by atoms with E-state index in [0.717, 1.165) is 32.1 Å². The SMILES string of the molecule is CC(C)C1=C[C@@]23CC[C@@H]4[C@](C)(CCC[C@@]4(C)C(=O)O)[C@@H]2C[C@@H]1[C@H]1C(=O)N(c2cccc(O)c2)C(=O)[C@@H]13. The minimum Gasteiger partial charge on any atom is -0.508 e. The molecule has 2 N–H and O–H groups in total. The van der Waals surface area contributed by atoms with Crippen molar-refractivity contribution in [2.45, 2.75) is 66.2 Å². The predicted octanol–water partition coefficient (Wildman–Crippen LogP) is 5.41. The van der Waals surface area contributed by atoms with Gasteiger partial charge in [-0.1, -0.05) is 44.9 Å². The van der Waals surface area contributed by atoms with Gasteiger partial charge in [-0.05, 0) is 80.2 Å². The molecule has 2 bridgehead atoms. The van der Waals surface area contributed by atoms with Crippen LogP contribution in [0.2, 0.25) is 0 Å². The topological polar surface area (TPSA) is 94.9 Å². The number of amides is 2. The van der Waals surface area contributed by atoms with Crippen molar-refractivity contribution in [1.82, 2.24) is 0 Å². The van der Waals surface area contributed by atoms with Crippen LogP contribution in [0.5, 0.6) is 5.75 Å². The molecule has 0 aromatic heterocycles. The van der Waals surface area contributed by atoms with E-state index in [1.807, 2.05) is 6.92 Å². The lowest BCUT2D eigenvalue weighted by molar-refractivity contribution is -0.194. The van der Waals surface area contributed by atoms with Gasteiger partial charge >= 0.3 is 5.97 Å². The maximum Gasteiger partial charge on any atom is 0.309 e. The summed E-state index contributed by atoms with van der Waals surface area (Å²) in [6.45, 7) is 8.58. The third-order valence-electron chi connectivity index (χ3n) is 11.2. The van der Waals surface area contributed by atoms with Crippen LogP contribution in [-0.4, -0.2) is 28.0 Å². The van der Waals surface area contributed by atoms with Crippen LogP contribution in [0.25, 0.3) is 0 Å². The number of carbonyl (C=O) groups is 3. The normalized spacial score (nSPS) is 43.2. The Balaban J connectivity index is 1.50. The van der Waals surface area contributed by atoms with Crippen LogP contribution < -0.4 is 4.90 Å². The number of fused-ring (bicyclic) bond motifs is 1. The van der Waals surface area contributed by atoms with Gasteiger partial charge in [0.25, 0.3) is 0 Å². The van der Waals surface area contributed by atoms with Crippen molar-refractivity contribution in [3.05, 3.63) is 35.9 Å². The summed E-state index contributed by atoms with van der Waals surface area (Å²) in [6, 6.07) is 6.43. The standard InChI is InChI=1S/C30H37NO5/c1-16(2)20-15-30-12-9-21-28(3,10-6-11-29(21,4)27(35)36)22(30)14-19(20)23-24(30)26(34)31(25(23)33)17-7-5-8-18(32)13-17/h5,7-8,13,15-16,19,21-24,32H,6,9-12,14H2,1-4H3,(H,35,36)/t19-,21+,22-,23+,24+,28-,29+,30-/m0/s1. The highest BCUT2D eigenvalue weighted by Gasteiger charge is 2.73. The molecule has 7 rings (SSSR count). The zero-order valence-corrected chi connectivity index (χ0v) is 21.7. The molecule has 5 aliphatic carbocycles. The highest BCUT2D eigenvalue weighted by molar-refractivity contribution is 6.23. The molecule has 0 radical (unpaired) electrons. The third-order valence-corrected chi connectivity index (χ3v) is 11.2. The van der Waals surface area contributed by atoms with Gasteiger partial charge in [-0.3, -0.25) is 14.4 Å². The summed E-state index contributed by atoms with van der Waals surface area (Å²) >= 11 is 0. The summed E-state index contributed by atoms with van der Waals surface area (Å²) < 4.78 is 0. The number of aromatic hydroxyl groups is 1. The molecular formula is C30H37NO5. The van der Waals surface area contributed by atoms with Crippen LogP contribution in [0.1, 0.15) is 66.2 Å². The molecule has 0 unspecified atom stereocenters. The lowest BCUT2D eigenvalue weighted by Crippen LogP contribution is -2.65. The van der Waals surface area contributed by atoms with E-state index < -0.39 is 22.7 Å². The largest absolute Gasteiger partial charge is 0.508 e. The number of anilines is 1. The van der Waals surface area contributed by atoms with Gasteiger partial charge < -0.3 is 10.2 Å². The molecule has 6 nitrogen and oxygen atoms in total. The Bertz CT molecular complexity index is 1200. The molecule has 6 heteroatoms. The van der Waals surface area contributed by atoms with Gasteiger partial charge in [0, 0.05) is 11.5 Å². The van der Waals surface area contributed by atoms with Crippen LogP contribution >= 0.6 is 0 Å². The molecule has 3 saturated carbocycles. The molecule has 6 aliphatic rings. The van der Waals surface area contributed by atoms with Gasteiger partial charge in [0.15, 0.2) is 0 Å². The van der Waals surface area contributed by atoms with Gasteiger partial charge in [0.1, 0.15) is 5.75 Å². The fourth-order valence-corrected chi connectivity index (χ4v) is 9.84. The van der Waals surface area contributed by atoms with E-state index in [9.17, 15) is 24.6 Å². The molecule has 4 fully saturated rings. The maximum atomic E-state index is 14.2. The van der Waals surface area contributed by atoms with E-state index in [2.05, 4.69) is 26.8 Å². The maximum absolute atomic E-state index is 14.2. The summed E-state index contributed by atoms with van der Waals surface area (Å²) in [5.74, 6) is -1.24. The van der Waals surface area contributed by atoms with Crippen molar-refractivity contribution in [2.24, 2.45) is 51.8 Å². The minimum atomic E-state index is -0.752. The number of carbonyl (C=O) groups excluding carboxylic acids is 2. The molecule has 8 atom stereocenters. The lowest BCUT2D eigenvalue weighted by Gasteiger charge is -2.68. The van der Waals surface area contributed by atoms with Gasteiger partial charge in [0.2, 0.25) is 11.8 Å². The van der Waals surface area contributed by atoms with Gasteiger partial charge in [-0.2, -0.15) is 0 Å². The smallest absolute Gasteiger partial charge is 0.309 e. The number of carboxylic acid groups (broad SMARTS) is 1. The van der Waals surface area contributed by atoms with Crippen molar-refractivity contribution in [1.29, 1.82) is 0 Å². The van der Waals surface area contributed by atoms with Crippen molar-refractivity contribution >= 4 is 23.5 Å². The first-order chi connectivity index (χ1) is 17.0. The van der Waals surface area contributed by atoms with E-state index >= 15 is 0 Å². The van der Waals surface area contributed by atoms with Crippen LogP contribution in [0, 0.1) is 51.8 Å². The Morgan fingerprint density at radius 2 is 1.83 bits per heavy atom. The van der Waals surface area contributed by atoms with E-state index in [-0.39, 0.29) is 52.6 Å². The Labute approximate surface area is 212 Å². The quantitative estimate of drug-likeness (QED) is 0.436. The molecule has 36 heavy (non-hydrogen) atoms. The number of benzene rings is 1. The molecule has 192 valence electrons. The van der Waals surface area contributed by atoms with Gasteiger partial charge in [0.05, 0.1) is 22.9 Å².